The second-order valence-electron chi connectivity index (χ2n) is 5.15. The lowest BCUT2D eigenvalue weighted by Gasteiger charge is -2.35. The van der Waals surface area contributed by atoms with E-state index in [1.54, 1.807) is 5.41 Å². The van der Waals surface area contributed by atoms with Crippen molar-refractivity contribution in [1.29, 1.82) is 0 Å². The summed E-state index contributed by atoms with van der Waals surface area (Å²) in [5.41, 5.74) is -0.0216. The van der Waals surface area contributed by atoms with Crippen molar-refractivity contribution in [2.24, 2.45) is 0 Å². The van der Waals surface area contributed by atoms with Crippen LogP contribution in [0.15, 0.2) is 50.8 Å². The molecule has 1 aromatic rings. The van der Waals surface area contributed by atoms with Crippen molar-refractivity contribution in [3.05, 3.63) is 51.5 Å². The normalized spacial score (nSPS) is 27.1. The van der Waals surface area contributed by atoms with Crippen molar-refractivity contribution in [2.45, 2.75) is 23.3 Å². The van der Waals surface area contributed by atoms with Gasteiger partial charge in [-0.2, -0.15) is 10.9 Å². The highest BCUT2D eigenvalue weighted by Gasteiger charge is 2.34. The molecule has 108 valence electrons. The van der Waals surface area contributed by atoms with E-state index in [0.717, 1.165) is 23.5 Å². The molecule has 1 atom stereocenters. The van der Waals surface area contributed by atoms with Gasteiger partial charge in [-0.05, 0) is 49.0 Å². The Morgan fingerprint density at radius 2 is 1.95 bits per heavy atom. The maximum Gasteiger partial charge on any atom is 0.146 e. The van der Waals surface area contributed by atoms with E-state index >= 15 is 0 Å². The van der Waals surface area contributed by atoms with Gasteiger partial charge in [-0.25, -0.2) is 4.39 Å². The molecule has 5 heteroatoms. The molecule has 2 aliphatic rings. The molecule has 3 rings (SSSR count). The summed E-state index contributed by atoms with van der Waals surface area (Å²) in [5.74, 6) is 0. The van der Waals surface area contributed by atoms with E-state index in [9.17, 15) is 9.50 Å². The first-order valence-corrected chi connectivity index (χ1v) is 8.45. The first kappa shape index (κ1) is 14.1. The highest BCUT2D eigenvalue weighted by atomic mass is 35.5. The number of aliphatic hydroxyl groups is 1. The number of halogens is 2. The first-order valence-electron chi connectivity index (χ1n) is 6.66. The zero-order valence-electron chi connectivity index (χ0n) is 10.9. The fourth-order valence-corrected chi connectivity index (χ4v) is 5.12. The summed E-state index contributed by atoms with van der Waals surface area (Å²) < 4.78 is 14.1. The summed E-state index contributed by atoms with van der Waals surface area (Å²) in [4.78, 5) is 0.872. The summed E-state index contributed by atoms with van der Waals surface area (Å²) in [6, 6.07) is 7.60. The number of hydrogen-bond donors (Lipinski definition) is 3. The highest BCUT2D eigenvalue weighted by molar-refractivity contribution is 8.23. The number of thiol groups is 1. The van der Waals surface area contributed by atoms with Gasteiger partial charge in [0.2, 0.25) is 0 Å². The summed E-state index contributed by atoms with van der Waals surface area (Å²) in [7, 11) is -1.20. The van der Waals surface area contributed by atoms with Gasteiger partial charge in [-0.3, -0.25) is 0 Å². The van der Waals surface area contributed by atoms with Gasteiger partial charge in [0.15, 0.2) is 0 Å². The van der Waals surface area contributed by atoms with Crippen molar-refractivity contribution < 1.29 is 9.50 Å². The molecule has 0 aliphatic carbocycles. The Labute approximate surface area is 125 Å². The second-order valence-corrected chi connectivity index (χ2v) is 7.49. The summed E-state index contributed by atoms with van der Waals surface area (Å²) >= 11 is 5.91. The van der Waals surface area contributed by atoms with Crippen LogP contribution in [0.25, 0.3) is 0 Å². The average molecular weight is 314 g/mol. The van der Waals surface area contributed by atoms with Gasteiger partial charge >= 0.3 is 0 Å². The molecule has 1 fully saturated rings. The largest absolute Gasteiger partial charge is 0.385 e. The molecule has 20 heavy (non-hydrogen) atoms. The predicted molar refractivity (Wildman–Crippen MR) is 82.8 cm³/mol. The Hall–Kier alpha value is -0.810. The molecule has 2 heterocycles. The van der Waals surface area contributed by atoms with Crippen molar-refractivity contribution in [3.8, 4) is 0 Å². The number of benzene rings is 1. The fourth-order valence-electron chi connectivity index (χ4n) is 2.78. The number of hydrogen-bond acceptors (Lipinski definition) is 2. The van der Waals surface area contributed by atoms with Gasteiger partial charge < -0.3 is 10.4 Å². The van der Waals surface area contributed by atoms with Crippen molar-refractivity contribution in [2.75, 3.05) is 13.1 Å². The van der Waals surface area contributed by atoms with Crippen LogP contribution in [-0.2, 0) is 5.60 Å². The van der Waals surface area contributed by atoms with Gasteiger partial charge in [0, 0.05) is 9.93 Å². The molecule has 1 unspecified atom stereocenters. The molecule has 1 aromatic carbocycles. The molecular formula is C15H17ClFNOS. The lowest BCUT2D eigenvalue weighted by atomic mass is 9.85. The van der Waals surface area contributed by atoms with Gasteiger partial charge in [0.1, 0.15) is 5.16 Å². The van der Waals surface area contributed by atoms with Gasteiger partial charge in [0.25, 0.3) is 0 Å². The molecule has 0 radical (unpaired) electrons. The van der Waals surface area contributed by atoms with Gasteiger partial charge in [-0.15, -0.1) is 0 Å². The second kappa shape index (κ2) is 5.53. The number of rotatable bonds is 2. The Morgan fingerprint density at radius 1 is 1.25 bits per heavy atom. The van der Waals surface area contributed by atoms with E-state index in [0.29, 0.717) is 17.9 Å². The van der Waals surface area contributed by atoms with Gasteiger partial charge in [-0.1, -0.05) is 29.8 Å². The summed E-state index contributed by atoms with van der Waals surface area (Å²) in [5, 5.41) is 16.2. The van der Waals surface area contributed by atoms with E-state index in [2.05, 4.69) is 5.32 Å². The third kappa shape index (κ3) is 2.53. The van der Waals surface area contributed by atoms with E-state index in [-0.39, 0.29) is 5.16 Å². The van der Waals surface area contributed by atoms with Crippen molar-refractivity contribution >= 4 is 22.5 Å². The maximum atomic E-state index is 14.1. The Bertz CT molecular complexity index is 581. The molecule has 2 aliphatic heterocycles. The standard InChI is InChI=1S/C15H17ClFNOS/c16-11-9-14(17)20(10-11)13-4-2-1-3-12(13)15(19)5-7-18-8-6-15/h1-4,9-10,18-20H,5-8H2. The van der Waals surface area contributed by atoms with Crippen LogP contribution in [0.5, 0.6) is 0 Å². The summed E-state index contributed by atoms with van der Waals surface area (Å²) in [6.45, 7) is 1.55. The Kier molecular flexibility index (Phi) is 3.91. The van der Waals surface area contributed by atoms with Crippen LogP contribution >= 0.6 is 22.5 Å². The molecule has 2 nitrogen and oxygen atoms in total. The molecule has 2 N–H and O–H groups in total. The van der Waals surface area contributed by atoms with Crippen LogP contribution in [0.4, 0.5) is 4.39 Å². The maximum absolute atomic E-state index is 14.1. The van der Waals surface area contributed by atoms with Crippen molar-refractivity contribution in [3.63, 3.8) is 0 Å². The van der Waals surface area contributed by atoms with Crippen LogP contribution in [0.1, 0.15) is 18.4 Å². The SMILES string of the molecule is OC1(c2ccccc2[SH]2C=C(Cl)C=C2F)CCNCC1. The van der Waals surface area contributed by atoms with E-state index in [4.69, 9.17) is 11.6 Å². The first-order chi connectivity index (χ1) is 9.60. The lowest BCUT2D eigenvalue weighted by Crippen LogP contribution is -2.40. The van der Waals surface area contributed by atoms with E-state index in [1.165, 1.54) is 6.08 Å². The number of allylic oxidation sites excluding steroid dienone is 2. The van der Waals surface area contributed by atoms with Crippen LogP contribution in [0.2, 0.25) is 0 Å². The quantitative estimate of drug-likeness (QED) is 0.730. The zero-order valence-corrected chi connectivity index (χ0v) is 12.6. The minimum absolute atomic E-state index is 0.199. The Balaban J connectivity index is 2.03. The molecule has 0 amide bonds. The van der Waals surface area contributed by atoms with Crippen LogP contribution < -0.4 is 5.32 Å². The lowest BCUT2D eigenvalue weighted by molar-refractivity contribution is 0.00349. The smallest absolute Gasteiger partial charge is 0.146 e. The van der Waals surface area contributed by atoms with Crippen LogP contribution in [0.3, 0.4) is 0 Å². The molecule has 0 aromatic heterocycles. The molecule has 0 saturated carbocycles. The zero-order chi connectivity index (χ0) is 14.2. The number of nitrogens with one attached hydrogen (secondary N) is 1. The molecule has 1 saturated heterocycles. The molecule has 0 bridgehead atoms. The predicted octanol–water partition coefficient (Wildman–Crippen LogP) is 3.52. The minimum Gasteiger partial charge on any atom is -0.385 e. The van der Waals surface area contributed by atoms with Crippen LogP contribution in [0, 0.1) is 0 Å². The molecular weight excluding hydrogens is 297 g/mol. The van der Waals surface area contributed by atoms with Gasteiger partial charge in [0.05, 0.1) is 5.60 Å². The minimum atomic E-state index is -1.20. The highest BCUT2D eigenvalue weighted by Crippen LogP contribution is 2.54. The Morgan fingerprint density at radius 3 is 2.60 bits per heavy atom. The van der Waals surface area contributed by atoms with E-state index < -0.39 is 16.5 Å². The monoisotopic (exact) mass is 313 g/mol. The average Bonchev–Trinajstić information content (AvgIpc) is 2.78. The summed E-state index contributed by atoms with van der Waals surface area (Å²) in [6.07, 6.45) is 2.67. The van der Waals surface area contributed by atoms with Crippen molar-refractivity contribution in [1.82, 2.24) is 5.32 Å². The fraction of sp³-hybridized carbons (Fsp3) is 0.333. The molecule has 0 spiro atoms. The third-order valence-corrected chi connectivity index (χ3v) is 6.24. The van der Waals surface area contributed by atoms with Crippen LogP contribution in [-0.4, -0.2) is 18.2 Å². The van der Waals surface area contributed by atoms with E-state index in [1.807, 2.05) is 24.3 Å². The third-order valence-electron chi connectivity index (χ3n) is 3.84. The topological polar surface area (TPSA) is 32.3 Å². The number of piperidine rings is 1.